The molecule has 0 spiro atoms. The number of sulfone groups is 1. The van der Waals surface area contributed by atoms with Gasteiger partial charge < -0.3 is 5.32 Å². The number of nitrogens with one attached hydrogen (secondary N) is 1. The molecule has 1 N–H and O–H groups in total. The molecule has 0 saturated heterocycles. The molecule has 112 valence electrons. The second-order valence-corrected chi connectivity index (χ2v) is 8.50. The summed E-state index contributed by atoms with van der Waals surface area (Å²) in [6.45, 7) is 0.882. The molecule has 0 aromatic heterocycles. The van der Waals surface area contributed by atoms with E-state index in [0.717, 1.165) is 18.0 Å². The van der Waals surface area contributed by atoms with Crippen molar-refractivity contribution in [3.05, 3.63) is 34.9 Å². The van der Waals surface area contributed by atoms with E-state index in [1.165, 1.54) is 24.7 Å². The average Bonchev–Trinajstić information content (AvgIpc) is 3.15. The summed E-state index contributed by atoms with van der Waals surface area (Å²) in [7, 11) is -2.90. The highest BCUT2D eigenvalue weighted by molar-refractivity contribution is 7.90. The summed E-state index contributed by atoms with van der Waals surface area (Å²) in [6, 6.07) is 8.47. The van der Waals surface area contributed by atoms with Gasteiger partial charge in [0.1, 0.15) is 9.84 Å². The summed E-state index contributed by atoms with van der Waals surface area (Å²) in [4.78, 5) is 0. The van der Waals surface area contributed by atoms with Gasteiger partial charge in [-0.25, -0.2) is 8.42 Å². The van der Waals surface area contributed by atoms with E-state index >= 15 is 0 Å². The minimum absolute atomic E-state index is 0.255. The van der Waals surface area contributed by atoms with Crippen molar-refractivity contribution < 1.29 is 8.42 Å². The highest BCUT2D eigenvalue weighted by Crippen LogP contribution is 2.21. The van der Waals surface area contributed by atoms with Crippen LogP contribution in [0, 0.1) is 5.92 Å². The van der Waals surface area contributed by atoms with Gasteiger partial charge in [0.05, 0.1) is 5.75 Å². The minimum atomic E-state index is -2.90. The minimum Gasteiger partial charge on any atom is -0.314 e. The fourth-order valence-electron chi connectivity index (χ4n) is 2.28. The van der Waals surface area contributed by atoms with Crippen molar-refractivity contribution in [3.63, 3.8) is 0 Å². The highest BCUT2D eigenvalue weighted by Gasteiger charge is 2.22. The van der Waals surface area contributed by atoms with Crippen molar-refractivity contribution in [1.29, 1.82) is 0 Å². The predicted molar refractivity (Wildman–Crippen MR) is 84.0 cm³/mol. The molecule has 1 unspecified atom stereocenters. The predicted octanol–water partition coefficient (Wildman–Crippen LogP) is 2.69. The lowest BCUT2D eigenvalue weighted by Gasteiger charge is -2.17. The van der Waals surface area contributed by atoms with Crippen LogP contribution in [0.3, 0.4) is 0 Å². The van der Waals surface area contributed by atoms with Crippen LogP contribution in [0.1, 0.15) is 24.8 Å². The number of hydrogen-bond acceptors (Lipinski definition) is 3. The van der Waals surface area contributed by atoms with Crippen molar-refractivity contribution in [2.75, 3.05) is 18.6 Å². The topological polar surface area (TPSA) is 46.2 Å². The van der Waals surface area contributed by atoms with Gasteiger partial charge in [-0.3, -0.25) is 0 Å². The van der Waals surface area contributed by atoms with Crippen LogP contribution >= 0.6 is 11.6 Å². The van der Waals surface area contributed by atoms with E-state index in [0.29, 0.717) is 18.4 Å². The van der Waals surface area contributed by atoms with Gasteiger partial charge in [-0.05, 0) is 55.8 Å². The molecule has 0 amide bonds. The monoisotopic (exact) mass is 315 g/mol. The zero-order valence-electron chi connectivity index (χ0n) is 11.8. The Morgan fingerprint density at radius 2 is 2.15 bits per heavy atom. The number of halogens is 1. The molecule has 20 heavy (non-hydrogen) atoms. The lowest BCUT2D eigenvalue weighted by molar-refractivity contribution is 0.457. The lowest BCUT2D eigenvalue weighted by Crippen LogP contribution is -2.27. The number of hydrogen-bond donors (Lipinski definition) is 1. The molecule has 1 aliphatic rings. The molecule has 0 heterocycles. The number of benzene rings is 1. The van der Waals surface area contributed by atoms with E-state index in [1.54, 1.807) is 0 Å². The normalized spacial score (nSPS) is 17.1. The van der Waals surface area contributed by atoms with E-state index in [4.69, 9.17) is 11.6 Å². The summed E-state index contributed by atoms with van der Waals surface area (Å²) in [5.74, 6) is 0.591. The summed E-state index contributed by atoms with van der Waals surface area (Å²) >= 11 is 6.00. The Morgan fingerprint density at radius 3 is 2.75 bits per heavy atom. The van der Waals surface area contributed by atoms with Crippen LogP contribution in [-0.2, 0) is 16.3 Å². The van der Waals surface area contributed by atoms with E-state index in [9.17, 15) is 8.42 Å². The molecule has 1 aromatic rings. The first-order chi connectivity index (χ1) is 9.42. The van der Waals surface area contributed by atoms with Gasteiger partial charge in [-0.1, -0.05) is 23.7 Å². The average molecular weight is 316 g/mol. The standard InChI is InChI=1S/C15H22ClNO2S/c1-20(18,19)8-7-13(11-17-15-5-6-15)9-12-3-2-4-14(16)10-12/h2-4,10,13,15,17H,5-9,11H2,1H3. The Hall–Kier alpha value is -0.580. The second-order valence-electron chi connectivity index (χ2n) is 5.80. The first kappa shape index (κ1) is 15.8. The van der Waals surface area contributed by atoms with Crippen molar-refractivity contribution in [3.8, 4) is 0 Å². The molecule has 1 aliphatic carbocycles. The summed E-state index contributed by atoms with van der Waals surface area (Å²) < 4.78 is 22.7. The van der Waals surface area contributed by atoms with Crippen LogP contribution in [0.25, 0.3) is 0 Å². The third-order valence-electron chi connectivity index (χ3n) is 3.58. The zero-order valence-corrected chi connectivity index (χ0v) is 13.4. The van der Waals surface area contributed by atoms with Crippen molar-refractivity contribution in [1.82, 2.24) is 5.32 Å². The van der Waals surface area contributed by atoms with Crippen molar-refractivity contribution in [2.45, 2.75) is 31.7 Å². The molecule has 3 nitrogen and oxygen atoms in total. The fraction of sp³-hybridized carbons (Fsp3) is 0.600. The van der Waals surface area contributed by atoms with E-state index in [-0.39, 0.29) is 5.75 Å². The quantitative estimate of drug-likeness (QED) is 0.802. The van der Waals surface area contributed by atoms with Gasteiger partial charge in [-0.2, -0.15) is 0 Å². The first-order valence-corrected chi connectivity index (χ1v) is 9.52. The van der Waals surface area contributed by atoms with Gasteiger partial charge in [0.2, 0.25) is 0 Å². The van der Waals surface area contributed by atoms with E-state index < -0.39 is 9.84 Å². The van der Waals surface area contributed by atoms with Crippen molar-refractivity contribution >= 4 is 21.4 Å². The van der Waals surface area contributed by atoms with Gasteiger partial charge in [0.25, 0.3) is 0 Å². The van der Waals surface area contributed by atoms with Crippen LogP contribution in [0.2, 0.25) is 5.02 Å². The maximum absolute atomic E-state index is 11.4. The Kier molecular flexibility index (Phi) is 5.47. The fourth-order valence-corrected chi connectivity index (χ4v) is 3.25. The molecule has 1 fully saturated rings. The SMILES string of the molecule is CS(=O)(=O)CCC(CNC1CC1)Cc1cccc(Cl)c1. The summed E-state index contributed by atoms with van der Waals surface area (Å²) in [6.07, 6.45) is 5.37. The maximum atomic E-state index is 11.4. The molecule has 1 atom stereocenters. The molecular formula is C15H22ClNO2S. The first-order valence-electron chi connectivity index (χ1n) is 7.08. The van der Waals surface area contributed by atoms with Crippen LogP contribution < -0.4 is 5.32 Å². The molecule has 2 rings (SSSR count). The summed E-state index contributed by atoms with van der Waals surface area (Å²) in [5.41, 5.74) is 1.17. The Labute approximate surface area is 126 Å². The molecule has 0 bridgehead atoms. The van der Waals surface area contributed by atoms with E-state index in [1.807, 2.05) is 18.2 Å². The van der Waals surface area contributed by atoms with Crippen LogP contribution in [-0.4, -0.2) is 33.0 Å². The summed E-state index contributed by atoms with van der Waals surface area (Å²) in [5, 5.41) is 4.24. The van der Waals surface area contributed by atoms with Crippen LogP contribution in [0.5, 0.6) is 0 Å². The molecule has 1 aromatic carbocycles. The Balaban J connectivity index is 1.93. The van der Waals surface area contributed by atoms with Crippen molar-refractivity contribution in [2.24, 2.45) is 5.92 Å². The highest BCUT2D eigenvalue weighted by atomic mass is 35.5. The molecule has 1 saturated carbocycles. The van der Waals surface area contributed by atoms with Gasteiger partial charge in [-0.15, -0.1) is 0 Å². The molecular weight excluding hydrogens is 294 g/mol. The van der Waals surface area contributed by atoms with Gasteiger partial charge >= 0.3 is 0 Å². The van der Waals surface area contributed by atoms with Crippen LogP contribution in [0.15, 0.2) is 24.3 Å². The zero-order chi connectivity index (χ0) is 14.6. The third kappa shape index (κ3) is 6.25. The lowest BCUT2D eigenvalue weighted by atomic mass is 9.97. The molecule has 0 aliphatic heterocycles. The Bertz CT molecular complexity index is 541. The third-order valence-corrected chi connectivity index (χ3v) is 4.80. The molecule has 0 radical (unpaired) electrons. The number of rotatable bonds is 8. The smallest absolute Gasteiger partial charge is 0.147 e. The largest absolute Gasteiger partial charge is 0.314 e. The molecule has 5 heteroatoms. The Morgan fingerprint density at radius 1 is 1.40 bits per heavy atom. The van der Waals surface area contributed by atoms with Crippen LogP contribution in [0.4, 0.5) is 0 Å². The van der Waals surface area contributed by atoms with Gasteiger partial charge in [0, 0.05) is 17.3 Å². The maximum Gasteiger partial charge on any atom is 0.147 e. The second kappa shape index (κ2) is 6.92. The van der Waals surface area contributed by atoms with Gasteiger partial charge in [0.15, 0.2) is 0 Å². The van der Waals surface area contributed by atoms with E-state index in [2.05, 4.69) is 11.4 Å².